The molecule has 4 rings (SSSR count). The summed E-state index contributed by atoms with van der Waals surface area (Å²) in [6.45, 7) is -1.18. The molecule has 0 aliphatic carbocycles. The number of sulfone groups is 1. The Morgan fingerprint density at radius 1 is 1.03 bits per heavy atom. The van der Waals surface area contributed by atoms with Crippen molar-refractivity contribution in [2.75, 3.05) is 6.26 Å². The van der Waals surface area contributed by atoms with E-state index in [-0.39, 0.29) is 15.8 Å². The van der Waals surface area contributed by atoms with Crippen LogP contribution in [0.1, 0.15) is 5.82 Å². The van der Waals surface area contributed by atoms with E-state index in [1.54, 1.807) is 42.5 Å². The highest BCUT2D eigenvalue weighted by Gasteiger charge is 2.31. The zero-order chi connectivity index (χ0) is 23.6. The Morgan fingerprint density at radius 2 is 1.73 bits per heavy atom. The van der Waals surface area contributed by atoms with Gasteiger partial charge in [-0.3, -0.25) is 0 Å². The van der Waals surface area contributed by atoms with E-state index in [9.17, 15) is 21.6 Å². The molecule has 2 aromatic carbocycles. The van der Waals surface area contributed by atoms with Crippen molar-refractivity contribution in [2.45, 2.75) is 28.5 Å². The first-order valence-corrected chi connectivity index (χ1v) is 12.4. The molecule has 4 aromatic rings. The van der Waals surface area contributed by atoms with Crippen LogP contribution < -0.4 is 0 Å². The molecule has 0 atom stereocenters. The standard InChI is InChI=1S/C20H17F3N6O2S2/c1-33(30,31)16-9-7-15(8-10-16)29-18(25-26-27-29)12-32-19-24-11-17(14-5-3-2-4-6-14)28(19)13-20(21,22)23/h2-11H,12-13H2,1H3. The Balaban J connectivity index is 1.60. The number of halogens is 3. The van der Waals surface area contributed by atoms with Crippen molar-refractivity contribution < 1.29 is 21.6 Å². The second-order valence-corrected chi connectivity index (χ2v) is 10.0. The number of hydrogen-bond donors (Lipinski definition) is 0. The molecule has 8 nitrogen and oxygen atoms in total. The van der Waals surface area contributed by atoms with Gasteiger partial charge in [0, 0.05) is 6.26 Å². The van der Waals surface area contributed by atoms with E-state index in [1.165, 1.54) is 23.0 Å². The SMILES string of the molecule is CS(=O)(=O)c1ccc(-n2nnnc2CSc2ncc(-c3ccccc3)n2CC(F)(F)F)cc1. The fraction of sp³-hybridized carbons (Fsp3) is 0.200. The lowest BCUT2D eigenvalue weighted by atomic mass is 10.2. The van der Waals surface area contributed by atoms with Gasteiger partial charge in [0.25, 0.3) is 0 Å². The Labute approximate surface area is 191 Å². The molecule has 0 bridgehead atoms. The minimum atomic E-state index is -4.43. The fourth-order valence-electron chi connectivity index (χ4n) is 3.11. The molecule has 0 aliphatic rings. The molecular formula is C20H17F3N6O2S2. The Bertz CT molecular complexity index is 1350. The van der Waals surface area contributed by atoms with Gasteiger partial charge in [-0.05, 0) is 40.3 Å². The summed E-state index contributed by atoms with van der Waals surface area (Å²) < 4.78 is 65.6. The van der Waals surface area contributed by atoms with Crippen molar-refractivity contribution in [3.63, 3.8) is 0 Å². The van der Waals surface area contributed by atoms with Crippen LogP contribution in [0.15, 0.2) is 70.8 Å². The number of imidazole rings is 1. The average Bonchev–Trinajstić information content (AvgIpc) is 3.38. The van der Waals surface area contributed by atoms with Crippen LogP contribution in [0.2, 0.25) is 0 Å². The van der Waals surface area contributed by atoms with Crippen LogP contribution in [-0.4, -0.2) is 50.6 Å². The van der Waals surface area contributed by atoms with Crippen LogP contribution >= 0.6 is 11.8 Å². The minimum absolute atomic E-state index is 0.143. The van der Waals surface area contributed by atoms with E-state index in [0.717, 1.165) is 22.6 Å². The summed E-state index contributed by atoms with van der Waals surface area (Å²) >= 11 is 1.07. The van der Waals surface area contributed by atoms with E-state index < -0.39 is 22.6 Å². The van der Waals surface area contributed by atoms with Gasteiger partial charge < -0.3 is 4.57 Å². The predicted octanol–water partition coefficient (Wildman–Crippen LogP) is 3.78. The summed E-state index contributed by atoms with van der Waals surface area (Å²) in [4.78, 5) is 4.35. The number of benzene rings is 2. The van der Waals surface area contributed by atoms with Crippen LogP contribution in [0.4, 0.5) is 13.2 Å². The maximum absolute atomic E-state index is 13.3. The summed E-state index contributed by atoms with van der Waals surface area (Å²) in [7, 11) is -3.35. The lowest BCUT2D eigenvalue weighted by Gasteiger charge is -2.14. The molecule has 0 fully saturated rings. The van der Waals surface area contributed by atoms with Crippen molar-refractivity contribution >= 4 is 21.6 Å². The third-order valence-corrected chi connectivity index (χ3v) is 6.71. The van der Waals surface area contributed by atoms with Gasteiger partial charge in [0.05, 0.1) is 28.2 Å². The van der Waals surface area contributed by atoms with Crippen LogP contribution in [0.25, 0.3) is 16.9 Å². The molecule has 0 aliphatic heterocycles. The first kappa shape index (κ1) is 23.0. The number of alkyl halides is 3. The van der Waals surface area contributed by atoms with Gasteiger partial charge in [-0.1, -0.05) is 42.1 Å². The molecule has 0 N–H and O–H groups in total. The third kappa shape index (κ3) is 5.42. The lowest BCUT2D eigenvalue weighted by Crippen LogP contribution is -2.19. The minimum Gasteiger partial charge on any atom is -0.310 e. The second-order valence-electron chi connectivity index (χ2n) is 7.06. The first-order chi connectivity index (χ1) is 15.6. The maximum atomic E-state index is 13.3. The zero-order valence-electron chi connectivity index (χ0n) is 17.1. The lowest BCUT2D eigenvalue weighted by molar-refractivity contribution is -0.141. The smallest absolute Gasteiger partial charge is 0.310 e. The summed E-state index contributed by atoms with van der Waals surface area (Å²) in [6.07, 6.45) is -1.91. The predicted molar refractivity (Wildman–Crippen MR) is 116 cm³/mol. The normalized spacial score (nSPS) is 12.2. The van der Waals surface area contributed by atoms with Crippen LogP contribution in [0.3, 0.4) is 0 Å². The number of aromatic nitrogens is 6. The molecule has 13 heteroatoms. The molecule has 0 amide bonds. The van der Waals surface area contributed by atoms with Gasteiger partial charge in [-0.15, -0.1) is 5.10 Å². The monoisotopic (exact) mass is 494 g/mol. The molecule has 2 heterocycles. The molecule has 0 saturated carbocycles. The molecule has 172 valence electrons. The van der Waals surface area contributed by atoms with E-state index in [2.05, 4.69) is 20.5 Å². The van der Waals surface area contributed by atoms with E-state index >= 15 is 0 Å². The fourth-order valence-corrected chi connectivity index (χ4v) is 4.62. The molecule has 0 saturated heterocycles. The van der Waals surface area contributed by atoms with E-state index in [4.69, 9.17) is 0 Å². The van der Waals surface area contributed by atoms with Crippen LogP contribution in [0.5, 0.6) is 0 Å². The molecule has 0 radical (unpaired) electrons. The molecule has 0 spiro atoms. The Hall–Kier alpha value is -3.19. The quantitative estimate of drug-likeness (QED) is 0.361. The topological polar surface area (TPSA) is 95.6 Å². The number of tetrazole rings is 1. The Kier molecular flexibility index (Phi) is 6.26. The van der Waals surface area contributed by atoms with Gasteiger partial charge in [0.1, 0.15) is 6.54 Å². The third-order valence-electron chi connectivity index (χ3n) is 4.60. The summed E-state index contributed by atoms with van der Waals surface area (Å²) in [6, 6.07) is 14.7. The second kappa shape index (κ2) is 8.98. The summed E-state index contributed by atoms with van der Waals surface area (Å²) in [5.74, 6) is 0.513. The summed E-state index contributed by atoms with van der Waals surface area (Å²) in [5.41, 5.74) is 1.50. The van der Waals surface area contributed by atoms with E-state index in [1.807, 2.05) is 0 Å². The van der Waals surface area contributed by atoms with Gasteiger partial charge >= 0.3 is 6.18 Å². The molecule has 2 aromatic heterocycles. The average molecular weight is 495 g/mol. The largest absolute Gasteiger partial charge is 0.406 e. The summed E-state index contributed by atoms with van der Waals surface area (Å²) in [5, 5.41) is 11.7. The van der Waals surface area contributed by atoms with Gasteiger partial charge in [-0.2, -0.15) is 17.9 Å². The van der Waals surface area contributed by atoms with Crippen LogP contribution in [0, 0.1) is 0 Å². The first-order valence-electron chi connectivity index (χ1n) is 9.50. The van der Waals surface area contributed by atoms with Gasteiger partial charge in [0.2, 0.25) is 0 Å². The maximum Gasteiger partial charge on any atom is 0.406 e. The van der Waals surface area contributed by atoms with Crippen molar-refractivity contribution in [1.82, 2.24) is 29.8 Å². The van der Waals surface area contributed by atoms with Crippen molar-refractivity contribution in [1.29, 1.82) is 0 Å². The highest BCUT2D eigenvalue weighted by Crippen LogP contribution is 2.31. The highest BCUT2D eigenvalue weighted by atomic mass is 32.2. The molecule has 0 unspecified atom stereocenters. The van der Waals surface area contributed by atoms with Crippen molar-refractivity contribution in [3.8, 4) is 16.9 Å². The number of hydrogen-bond acceptors (Lipinski definition) is 7. The Morgan fingerprint density at radius 3 is 2.36 bits per heavy atom. The van der Waals surface area contributed by atoms with Crippen LogP contribution in [-0.2, 0) is 22.1 Å². The van der Waals surface area contributed by atoms with Crippen molar-refractivity contribution in [3.05, 3.63) is 66.6 Å². The van der Waals surface area contributed by atoms with Crippen molar-refractivity contribution in [2.24, 2.45) is 0 Å². The number of rotatable bonds is 7. The van der Waals surface area contributed by atoms with Gasteiger partial charge in [0.15, 0.2) is 20.8 Å². The van der Waals surface area contributed by atoms with Gasteiger partial charge in [-0.25, -0.2) is 13.4 Å². The van der Waals surface area contributed by atoms with E-state index in [0.29, 0.717) is 22.8 Å². The molecule has 33 heavy (non-hydrogen) atoms. The number of thioether (sulfide) groups is 1. The zero-order valence-corrected chi connectivity index (χ0v) is 18.8. The number of nitrogens with zero attached hydrogens (tertiary/aromatic N) is 6. The molecular weight excluding hydrogens is 477 g/mol. The highest BCUT2D eigenvalue weighted by molar-refractivity contribution is 7.98.